The third-order valence-electron chi connectivity index (χ3n) is 2.87. The van der Waals surface area contributed by atoms with Crippen LogP contribution in [0, 0.1) is 0 Å². The van der Waals surface area contributed by atoms with Crippen LogP contribution in [0.15, 0.2) is 42.7 Å². The molecule has 0 atom stereocenters. The molecule has 0 fully saturated rings. The van der Waals surface area contributed by atoms with Crippen molar-refractivity contribution in [1.82, 2.24) is 15.1 Å². The van der Waals surface area contributed by atoms with Crippen molar-refractivity contribution in [2.75, 3.05) is 32.1 Å². The highest BCUT2D eigenvalue weighted by atomic mass is 35.5. The van der Waals surface area contributed by atoms with Gasteiger partial charge < -0.3 is 15.4 Å². The lowest BCUT2D eigenvalue weighted by atomic mass is 10.2. The van der Waals surface area contributed by atoms with Crippen molar-refractivity contribution in [3.63, 3.8) is 0 Å². The Morgan fingerprint density at radius 1 is 1.32 bits per heavy atom. The number of benzene rings is 1. The molecular formula is C15H21ClN4O2. The summed E-state index contributed by atoms with van der Waals surface area (Å²) >= 11 is 0. The third kappa shape index (κ3) is 6.26. The molecule has 0 aliphatic rings. The van der Waals surface area contributed by atoms with Gasteiger partial charge >= 0.3 is 0 Å². The van der Waals surface area contributed by atoms with Gasteiger partial charge in [0.1, 0.15) is 0 Å². The molecule has 120 valence electrons. The Morgan fingerprint density at radius 2 is 2.09 bits per heavy atom. The average Bonchev–Trinajstić information content (AvgIpc) is 2.92. The van der Waals surface area contributed by atoms with E-state index in [-0.39, 0.29) is 24.9 Å². The van der Waals surface area contributed by atoms with Crippen LogP contribution in [0.5, 0.6) is 0 Å². The van der Waals surface area contributed by atoms with Crippen molar-refractivity contribution in [2.45, 2.75) is 6.54 Å². The summed E-state index contributed by atoms with van der Waals surface area (Å²) in [6, 6.07) is 10.1. The fraction of sp³-hybridized carbons (Fsp3) is 0.333. The number of amides is 1. The molecular weight excluding hydrogens is 304 g/mol. The molecule has 0 saturated carbocycles. The Labute approximate surface area is 136 Å². The number of methoxy groups -OCH3 is 1. The summed E-state index contributed by atoms with van der Waals surface area (Å²) in [5.41, 5.74) is 1.86. The zero-order valence-corrected chi connectivity index (χ0v) is 13.3. The third-order valence-corrected chi connectivity index (χ3v) is 2.87. The molecule has 0 bridgehead atoms. The van der Waals surface area contributed by atoms with E-state index in [9.17, 15) is 4.79 Å². The van der Waals surface area contributed by atoms with Gasteiger partial charge in [-0.2, -0.15) is 5.10 Å². The molecule has 0 saturated heterocycles. The molecule has 0 aliphatic heterocycles. The smallest absolute Gasteiger partial charge is 0.238 e. The van der Waals surface area contributed by atoms with Gasteiger partial charge in [0.2, 0.25) is 5.91 Å². The zero-order chi connectivity index (χ0) is 14.9. The van der Waals surface area contributed by atoms with Crippen molar-refractivity contribution in [3.05, 3.63) is 48.3 Å². The van der Waals surface area contributed by atoms with Crippen LogP contribution in [0.1, 0.15) is 5.56 Å². The number of hydrogen-bond acceptors (Lipinski definition) is 4. The minimum Gasteiger partial charge on any atom is -0.383 e. The number of carbonyl (C=O) groups excluding carboxylic acids is 1. The molecule has 0 spiro atoms. The summed E-state index contributed by atoms with van der Waals surface area (Å²) in [5.74, 6) is -0.0923. The van der Waals surface area contributed by atoms with E-state index < -0.39 is 0 Å². The fourth-order valence-electron chi connectivity index (χ4n) is 1.87. The number of nitrogens with one attached hydrogen (secondary N) is 2. The van der Waals surface area contributed by atoms with E-state index in [4.69, 9.17) is 4.74 Å². The van der Waals surface area contributed by atoms with Crippen LogP contribution in [0.2, 0.25) is 0 Å². The number of halogens is 1. The molecule has 2 rings (SSSR count). The minimum atomic E-state index is -0.0923. The Morgan fingerprint density at radius 3 is 2.82 bits per heavy atom. The van der Waals surface area contributed by atoms with E-state index in [2.05, 4.69) is 15.7 Å². The molecule has 2 aromatic rings. The Bertz CT molecular complexity index is 560. The summed E-state index contributed by atoms with van der Waals surface area (Å²) in [4.78, 5) is 11.7. The van der Waals surface area contributed by atoms with Crippen LogP contribution in [0.25, 0.3) is 0 Å². The normalized spacial score (nSPS) is 10.0. The summed E-state index contributed by atoms with van der Waals surface area (Å²) in [6.45, 7) is 2.18. The Hall–Kier alpha value is -1.89. The van der Waals surface area contributed by atoms with Crippen LogP contribution < -0.4 is 10.6 Å². The van der Waals surface area contributed by atoms with Gasteiger partial charge in [-0.25, -0.2) is 0 Å². The lowest BCUT2D eigenvalue weighted by Crippen LogP contribution is -2.30. The second kappa shape index (κ2) is 9.94. The van der Waals surface area contributed by atoms with Crippen LogP contribution in [0.4, 0.5) is 5.69 Å². The van der Waals surface area contributed by atoms with Gasteiger partial charge in [-0.3, -0.25) is 9.48 Å². The number of carbonyl (C=O) groups is 1. The van der Waals surface area contributed by atoms with Gasteiger partial charge in [-0.05, 0) is 5.56 Å². The average molecular weight is 325 g/mol. The number of nitrogens with zero attached hydrogens (tertiary/aromatic N) is 2. The maximum absolute atomic E-state index is 11.7. The van der Waals surface area contributed by atoms with Crippen LogP contribution in [0.3, 0.4) is 0 Å². The van der Waals surface area contributed by atoms with Crippen LogP contribution in [-0.2, 0) is 16.1 Å². The van der Waals surface area contributed by atoms with Gasteiger partial charge in [0.05, 0.1) is 31.6 Å². The maximum Gasteiger partial charge on any atom is 0.238 e. The molecule has 1 heterocycles. The molecule has 2 N–H and O–H groups in total. The van der Waals surface area contributed by atoms with E-state index in [1.54, 1.807) is 18.0 Å². The highest BCUT2D eigenvalue weighted by Crippen LogP contribution is 2.07. The first kappa shape index (κ1) is 18.2. The number of anilines is 1. The molecule has 6 nitrogen and oxygen atoms in total. The summed E-state index contributed by atoms with van der Waals surface area (Å²) < 4.78 is 6.69. The summed E-state index contributed by atoms with van der Waals surface area (Å²) in [5, 5.41) is 10.0. The maximum atomic E-state index is 11.7. The van der Waals surface area contributed by atoms with E-state index in [1.165, 1.54) is 5.56 Å². The molecule has 0 unspecified atom stereocenters. The van der Waals surface area contributed by atoms with Crippen molar-refractivity contribution < 1.29 is 9.53 Å². The Balaban J connectivity index is 0.00000242. The fourth-order valence-corrected chi connectivity index (χ4v) is 1.87. The number of rotatable bonds is 8. The predicted octanol–water partition coefficient (Wildman–Crippen LogP) is 1.53. The van der Waals surface area contributed by atoms with Gasteiger partial charge in [0, 0.05) is 19.9 Å². The largest absolute Gasteiger partial charge is 0.383 e. The first-order chi connectivity index (χ1) is 10.3. The second-order valence-corrected chi connectivity index (χ2v) is 4.63. The number of aromatic nitrogens is 2. The first-order valence-electron chi connectivity index (χ1n) is 6.84. The Kier molecular flexibility index (Phi) is 8.21. The van der Waals surface area contributed by atoms with Crippen LogP contribution in [-0.4, -0.2) is 42.5 Å². The number of ether oxygens (including phenoxy) is 1. The summed E-state index contributed by atoms with van der Waals surface area (Å²) in [6.07, 6.45) is 3.47. The standard InChI is InChI=1S/C15H20N4O2.ClH/c1-21-8-7-16-10-15(20)18-14-9-17-19(12-14)11-13-5-3-2-4-6-13;/h2-6,9,12,16H,7-8,10-11H2,1H3,(H,18,20);1H. The molecule has 22 heavy (non-hydrogen) atoms. The molecule has 1 aromatic carbocycles. The van der Waals surface area contributed by atoms with E-state index in [1.807, 2.05) is 36.5 Å². The van der Waals surface area contributed by atoms with E-state index in [0.717, 1.165) is 0 Å². The topological polar surface area (TPSA) is 68.2 Å². The molecule has 7 heteroatoms. The monoisotopic (exact) mass is 324 g/mol. The zero-order valence-electron chi connectivity index (χ0n) is 12.5. The molecule has 0 aliphatic carbocycles. The van der Waals surface area contributed by atoms with E-state index in [0.29, 0.717) is 25.4 Å². The van der Waals surface area contributed by atoms with Gasteiger partial charge in [-0.15, -0.1) is 12.4 Å². The lowest BCUT2D eigenvalue weighted by molar-refractivity contribution is -0.115. The second-order valence-electron chi connectivity index (χ2n) is 4.63. The van der Waals surface area contributed by atoms with Crippen molar-refractivity contribution >= 4 is 24.0 Å². The molecule has 1 amide bonds. The van der Waals surface area contributed by atoms with Crippen molar-refractivity contribution in [3.8, 4) is 0 Å². The van der Waals surface area contributed by atoms with E-state index >= 15 is 0 Å². The molecule has 0 radical (unpaired) electrons. The predicted molar refractivity (Wildman–Crippen MR) is 88.4 cm³/mol. The summed E-state index contributed by atoms with van der Waals surface area (Å²) in [7, 11) is 1.63. The van der Waals surface area contributed by atoms with Crippen molar-refractivity contribution in [1.29, 1.82) is 0 Å². The number of hydrogen-bond donors (Lipinski definition) is 2. The SMILES string of the molecule is COCCNCC(=O)Nc1cnn(Cc2ccccc2)c1.Cl. The van der Waals surface area contributed by atoms with Gasteiger partial charge in [-0.1, -0.05) is 30.3 Å². The first-order valence-corrected chi connectivity index (χ1v) is 6.84. The highest BCUT2D eigenvalue weighted by molar-refractivity contribution is 5.91. The van der Waals surface area contributed by atoms with Gasteiger partial charge in [0.25, 0.3) is 0 Å². The van der Waals surface area contributed by atoms with Crippen molar-refractivity contribution in [2.24, 2.45) is 0 Å². The lowest BCUT2D eigenvalue weighted by Gasteiger charge is -2.04. The van der Waals surface area contributed by atoms with Crippen LogP contribution >= 0.6 is 12.4 Å². The highest BCUT2D eigenvalue weighted by Gasteiger charge is 2.04. The van der Waals surface area contributed by atoms with Gasteiger partial charge in [0.15, 0.2) is 0 Å². The minimum absolute atomic E-state index is 0. The molecule has 1 aromatic heterocycles. The quantitative estimate of drug-likeness (QED) is 0.723.